The minimum Gasteiger partial charge on any atom is -0.382 e. The molecule has 0 radical (unpaired) electrons. The minimum absolute atomic E-state index is 0.182. The van der Waals surface area contributed by atoms with Crippen molar-refractivity contribution in [2.45, 2.75) is 33.1 Å². The van der Waals surface area contributed by atoms with Gasteiger partial charge in [-0.1, -0.05) is 43.3 Å². The molecule has 2 aromatic heterocycles. The number of hydrogen-bond acceptors (Lipinski definition) is 6. The third-order valence-corrected chi connectivity index (χ3v) is 3.23. The van der Waals surface area contributed by atoms with E-state index in [1.54, 1.807) is 19.1 Å². The van der Waals surface area contributed by atoms with Gasteiger partial charge in [0.15, 0.2) is 0 Å². The van der Waals surface area contributed by atoms with E-state index < -0.39 is 18.2 Å². The number of aliphatic hydroxyl groups is 1. The number of alkyl halides is 3. The Balaban J connectivity index is 0.00000117. The highest BCUT2D eigenvalue weighted by Gasteiger charge is 2.38. The predicted molar refractivity (Wildman–Crippen MR) is 86.9 cm³/mol. The molecule has 0 aliphatic heterocycles. The van der Waals surface area contributed by atoms with E-state index in [0.29, 0.717) is 16.8 Å². The molecule has 3 rings (SSSR count). The monoisotopic (exact) mass is 366 g/mol. The fourth-order valence-electron chi connectivity index (χ4n) is 1.98. The first-order chi connectivity index (χ1) is 12.3. The van der Waals surface area contributed by atoms with Crippen LogP contribution in [0.15, 0.2) is 41.2 Å². The molecular formula is C17H17F3N4O2. The zero-order chi connectivity index (χ0) is 19.3. The minimum atomic E-state index is -4.69. The Kier molecular flexibility index (Phi) is 6.04. The van der Waals surface area contributed by atoms with Crippen LogP contribution in [-0.4, -0.2) is 25.2 Å². The summed E-state index contributed by atoms with van der Waals surface area (Å²) in [6, 6.07) is 6.08. The molecule has 9 heteroatoms. The van der Waals surface area contributed by atoms with Crippen LogP contribution in [0.25, 0.3) is 11.4 Å². The normalized spacial score (nSPS) is 12.3. The highest BCUT2D eigenvalue weighted by Crippen LogP contribution is 2.30. The van der Waals surface area contributed by atoms with Gasteiger partial charge in [0.2, 0.25) is 5.82 Å². The van der Waals surface area contributed by atoms with E-state index in [-0.39, 0.29) is 5.82 Å². The van der Waals surface area contributed by atoms with Gasteiger partial charge in [0.25, 0.3) is 0 Å². The predicted octanol–water partition coefficient (Wildman–Crippen LogP) is 3.96. The number of rotatable bonds is 3. The third-order valence-electron chi connectivity index (χ3n) is 3.23. The molecular weight excluding hydrogens is 349 g/mol. The summed E-state index contributed by atoms with van der Waals surface area (Å²) in [6.07, 6.45) is -2.69. The van der Waals surface area contributed by atoms with Gasteiger partial charge in [0.05, 0.1) is 17.6 Å². The fourth-order valence-corrected chi connectivity index (χ4v) is 1.98. The molecule has 1 atom stereocenters. The lowest BCUT2D eigenvalue weighted by Gasteiger charge is -2.10. The molecule has 1 unspecified atom stereocenters. The zero-order valence-corrected chi connectivity index (χ0v) is 14.3. The zero-order valence-electron chi connectivity index (χ0n) is 14.3. The van der Waals surface area contributed by atoms with Crippen LogP contribution in [-0.2, 0) is 6.18 Å². The number of aromatic nitrogens is 4. The smallest absolute Gasteiger partial charge is 0.382 e. The molecule has 0 spiro atoms. The van der Waals surface area contributed by atoms with Gasteiger partial charge in [-0.3, -0.25) is 9.97 Å². The molecule has 2 heterocycles. The van der Waals surface area contributed by atoms with Crippen LogP contribution in [0.2, 0.25) is 0 Å². The molecule has 1 N–H and O–H groups in total. The van der Waals surface area contributed by atoms with Crippen LogP contribution in [0.3, 0.4) is 0 Å². The van der Waals surface area contributed by atoms with Crippen LogP contribution in [0, 0.1) is 6.92 Å². The molecule has 6 nitrogen and oxygen atoms in total. The molecule has 0 fully saturated rings. The average molecular weight is 366 g/mol. The summed E-state index contributed by atoms with van der Waals surface area (Å²) in [7, 11) is 0. The maximum Gasteiger partial charge on any atom is 0.471 e. The van der Waals surface area contributed by atoms with Crippen molar-refractivity contribution >= 4 is 0 Å². The summed E-state index contributed by atoms with van der Waals surface area (Å²) in [5, 5.41) is 13.6. The maximum absolute atomic E-state index is 12.5. The second kappa shape index (κ2) is 8.05. The number of hydrogen-bond donors (Lipinski definition) is 1. The van der Waals surface area contributed by atoms with Crippen molar-refractivity contribution < 1.29 is 22.8 Å². The van der Waals surface area contributed by atoms with Crippen molar-refractivity contribution in [1.29, 1.82) is 0 Å². The van der Waals surface area contributed by atoms with E-state index in [4.69, 9.17) is 0 Å². The van der Waals surface area contributed by atoms with Gasteiger partial charge in [-0.2, -0.15) is 18.2 Å². The quantitative estimate of drug-likeness (QED) is 0.755. The largest absolute Gasteiger partial charge is 0.471 e. The first-order valence-corrected chi connectivity index (χ1v) is 7.82. The lowest BCUT2D eigenvalue weighted by atomic mass is 10.0. The number of nitrogens with zero attached hydrogens (tertiary/aromatic N) is 4. The first-order valence-electron chi connectivity index (χ1n) is 7.82. The summed E-state index contributed by atoms with van der Waals surface area (Å²) in [4.78, 5) is 11.5. The number of halogens is 3. The molecule has 0 amide bonds. The van der Waals surface area contributed by atoms with Crippen LogP contribution in [0.4, 0.5) is 13.2 Å². The Labute approximate surface area is 147 Å². The molecule has 0 aliphatic carbocycles. The van der Waals surface area contributed by atoms with Crippen LogP contribution in [0.5, 0.6) is 0 Å². The Hall–Kier alpha value is -2.81. The summed E-state index contributed by atoms with van der Waals surface area (Å²) in [5.41, 5.74) is 1.93. The molecule has 0 aliphatic rings. The van der Waals surface area contributed by atoms with Gasteiger partial charge in [0.1, 0.15) is 6.10 Å². The summed E-state index contributed by atoms with van der Waals surface area (Å²) in [5.74, 6) is -1.59. The maximum atomic E-state index is 12.5. The third kappa shape index (κ3) is 4.42. The Morgan fingerprint density at radius 2 is 1.69 bits per heavy atom. The van der Waals surface area contributed by atoms with Crippen molar-refractivity contribution in [2.75, 3.05) is 0 Å². The molecule has 138 valence electrons. The Morgan fingerprint density at radius 1 is 1.04 bits per heavy atom. The van der Waals surface area contributed by atoms with Crippen molar-refractivity contribution in [3.05, 3.63) is 59.5 Å². The van der Waals surface area contributed by atoms with Gasteiger partial charge in [-0.15, -0.1) is 0 Å². The van der Waals surface area contributed by atoms with E-state index in [0.717, 1.165) is 5.69 Å². The molecule has 26 heavy (non-hydrogen) atoms. The van der Waals surface area contributed by atoms with Gasteiger partial charge >= 0.3 is 12.1 Å². The van der Waals surface area contributed by atoms with E-state index in [2.05, 4.69) is 24.6 Å². The van der Waals surface area contributed by atoms with Crippen LogP contribution in [0.1, 0.15) is 42.8 Å². The van der Waals surface area contributed by atoms with E-state index in [9.17, 15) is 18.3 Å². The Morgan fingerprint density at radius 3 is 2.19 bits per heavy atom. The summed E-state index contributed by atoms with van der Waals surface area (Å²) >= 11 is 0. The molecule has 3 aromatic rings. The first kappa shape index (κ1) is 19.5. The SMILES string of the molecule is CC.Cc1cnc(C(O)c2ccc(-c3noc(C(F)(F)F)n3)cc2)cn1. The molecule has 0 saturated carbocycles. The van der Waals surface area contributed by atoms with Gasteiger partial charge < -0.3 is 9.63 Å². The van der Waals surface area contributed by atoms with E-state index in [1.165, 1.54) is 24.5 Å². The summed E-state index contributed by atoms with van der Waals surface area (Å²) in [6.45, 7) is 5.78. The van der Waals surface area contributed by atoms with Crippen molar-refractivity contribution in [1.82, 2.24) is 20.1 Å². The van der Waals surface area contributed by atoms with Crippen molar-refractivity contribution in [3.63, 3.8) is 0 Å². The van der Waals surface area contributed by atoms with Crippen LogP contribution < -0.4 is 0 Å². The second-order valence-electron chi connectivity index (χ2n) is 5.03. The van der Waals surface area contributed by atoms with Gasteiger partial charge in [0, 0.05) is 11.8 Å². The van der Waals surface area contributed by atoms with Gasteiger partial charge in [-0.05, 0) is 12.5 Å². The Bertz CT molecular complexity index is 830. The van der Waals surface area contributed by atoms with Crippen molar-refractivity contribution in [2.24, 2.45) is 0 Å². The van der Waals surface area contributed by atoms with Crippen LogP contribution >= 0.6 is 0 Å². The average Bonchev–Trinajstić information content (AvgIpc) is 3.14. The highest BCUT2D eigenvalue weighted by atomic mass is 19.4. The molecule has 1 aromatic carbocycles. The number of aryl methyl sites for hydroxylation is 1. The number of aliphatic hydroxyl groups excluding tert-OH is 1. The van der Waals surface area contributed by atoms with E-state index >= 15 is 0 Å². The van der Waals surface area contributed by atoms with Crippen molar-refractivity contribution in [3.8, 4) is 11.4 Å². The second-order valence-corrected chi connectivity index (χ2v) is 5.03. The van der Waals surface area contributed by atoms with E-state index in [1.807, 2.05) is 13.8 Å². The molecule has 0 bridgehead atoms. The number of benzene rings is 1. The molecule has 0 saturated heterocycles. The lowest BCUT2D eigenvalue weighted by Crippen LogP contribution is -2.05. The summed E-state index contributed by atoms with van der Waals surface area (Å²) < 4.78 is 41.6. The lowest BCUT2D eigenvalue weighted by molar-refractivity contribution is -0.159. The van der Waals surface area contributed by atoms with Gasteiger partial charge in [-0.25, -0.2) is 0 Å². The standard InChI is InChI=1S/C15H11F3N4O2.C2H6/c1-8-6-20-11(7-19-8)12(23)9-2-4-10(5-3-9)13-21-14(24-22-13)15(16,17)18;1-2/h2-7,12,23H,1H3;1-2H3. The highest BCUT2D eigenvalue weighted by molar-refractivity contribution is 5.55. The topological polar surface area (TPSA) is 84.9 Å². The fraction of sp³-hybridized carbons (Fsp3) is 0.294.